The highest BCUT2D eigenvalue weighted by Gasteiger charge is 2.37. The van der Waals surface area contributed by atoms with Crippen LogP contribution in [0.3, 0.4) is 0 Å². The van der Waals surface area contributed by atoms with E-state index in [1.165, 1.54) is 11.1 Å². The zero-order valence-corrected chi connectivity index (χ0v) is 23.3. The van der Waals surface area contributed by atoms with E-state index in [1.54, 1.807) is 0 Å². The molecule has 5 aromatic carbocycles. The Balaban J connectivity index is 1.55. The molecule has 6 aromatic rings. The van der Waals surface area contributed by atoms with Crippen molar-refractivity contribution in [1.29, 1.82) is 0 Å². The van der Waals surface area contributed by atoms with Crippen LogP contribution in [0.2, 0.25) is 5.02 Å². The van der Waals surface area contributed by atoms with Crippen LogP contribution in [0, 0.1) is 0 Å². The summed E-state index contributed by atoms with van der Waals surface area (Å²) >= 11 is 6.41. The number of halogens is 1. The Morgan fingerprint density at radius 1 is 0.561 bits per heavy atom. The van der Waals surface area contributed by atoms with Crippen molar-refractivity contribution in [3.05, 3.63) is 167 Å². The number of para-hydroxylation sites is 2. The molecule has 1 aromatic heterocycles. The summed E-state index contributed by atoms with van der Waals surface area (Å²) in [6.07, 6.45) is 0. The number of fused-ring (bicyclic) bond motifs is 1. The molecule has 0 amide bonds. The van der Waals surface area contributed by atoms with Crippen LogP contribution in [-0.4, -0.2) is 6.67 Å². The lowest BCUT2D eigenvalue weighted by molar-refractivity contribution is 0.582. The van der Waals surface area contributed by atoms with E-state index in [4.69, 9.17) is 16.0 Å². The molecule has 0 saturated heterocycles. The van der Waals surface area contributed by atoms with Gasteiger partial charge in [0.25, 0.3) is 0 Å². The van der Waals surface area contributed by atoms with Crippen molar-refractivity contribution in [2.45, 2.75) is 12.6 Å². The molecular formula is C37H29ClN2O. The Hall–Kier alpha value is -4.73. The minimum Gasteiger partial charge on any atom is -0.455 e. The van der Waals surface area contributed by atoms with Crippen molar-refractivity contribution in [3.8, 4) is 22.6 Å². The second-order valence-electron chi connectivity index (χ2n) is 10.3. The van der Waals surface area contributed by atoms with Gasteiger partial charge in [-0.15, -0.1) is 0 Å². The van der Waals surface area contributed by atoms with Crippen LogP contribution in [0.15, 0.2) is 150 Å². The predicted molar refractivity (Wildman–Crippen MR) is 169 cm³/mol. The van der Waals surface area contributed by atoms with E-state index in [9.17, 15) is 0 Å². The Morgan fingerprint density at radius 2 is 1.07 bits per heavy atom. The Morgan fingerprint density at radius 3 is 1.66 bits per heavy atom. The van der Waals surface area contributed by atoms with E-state index in [2.05, 4.69) is 131 Å². The van der Waals surface area contributed by atoms with Gasteiger partial charge in [-0.3, -0.25) is 0 Å². The number of anilines is 2. The molecule has 1 aliphatic rings. The molecule has 0 spiro atoms. The molecule has 1 aliphatic heterocycles. The molecule has 41 heavy (non-hydrogen) atoms. The van der Waals surface area contributed by atoms with Crippen LogP contribution in [0.1, 0.15) is 22.7 Å². The van der Waals surface area contributed by atoms with E-state index >= 15 is 0 Å². The second-order valence-corrected chi connectivity index (χ2v) is 10.8. The average Bonchev–Trinajstić information content (AvgIpc) is 3.31. The molecular weight excluding hydrogens is 524 g/mol. The lowest BCUT2D eigenvalue weighted by Gasteiger charge is -2.36. The Kier molecular flexibility index (Phi) is 6.80. The van der Waals surface area contributed by atoms with Gasteiger partial charge in [-0.1, -0.05) is 121 Å². The van der Waals surface area contributed by atoms with Crippen LogP contribution < -0.4 is 9.80 Å². The first-order valence-corrected chi connectivity index (χ1v) is 14.3. The fourth-order valence-electron chi connectivity index (χ4n) is 5.87. The van der Waals surface area contributed by atoms with Crippen LogP contribution in [0.4, 0.5) is 11.4 Å². The molecule has 0 aliphatic carbocycles. The zero-order valence-electron chi connectivity index (χ0n) is 22.5. The summed E-state index contributed by atoms with van der Waals surface area (Å²) in [6.45, 7) is 1.39. The highest BCUT2D eigenvalue weighted by Crippen LogP contribution is 2.48. The van der Waals surface area contributed by atoms with Gasteiger partial charge in [-0.05, 0) is 42.0 Å². The maximum Gasteiger partial charge on any atom is 0.140 e. The van der Waals surface area contributed by atoms with E-state index in [0.29, 0.717) is 13.2 Å². The summed E-state index contributed by atoms with van der Waals surface area (Å²) in [5, 5.41) is 0.722. The normalized spacial score (nSPS) is 14.9. The fraction of sp³-hybridized carbons (Fsp3) is 0.0811. The largest absolute Gasteiger partial charge is 0.455 e. The zero-order chi connectivity index (χ0) is 27.6. The molecule has 0 N–H and O–H groups in total. The molecule has 1 unspecified atom stereocenters. The summed E-state index contributed by atoms with van der Waals surface area (Å²) in [4.78, 5) is 4.93. The van der Waals surface area contributed by atoms with Crippen LogP contribution in [0.25, 0.3) is 22.6 Å². The number of rotatable bonds is 5. The third-order valence-corrected chi connectivity index (χ3v) is 8.02. The van der Waals surface area contributed by atoms with Crippen molar-refractivity contribution in [2.24, 2.45) is 0 Å². The number of nitrogens with zero attached hydrogens (tertiary/aromatic N) is 2. The fourth-order valence-corrected chi connectivity index (χ4v) is 5.99. The third-order valence-electron chi connectivity index (χ3n) is 7.77. The summed E-state index contributed by atoms with van der Waals surface area (Å²) < 4.78 is 6.96. The first-order valence-electron chi connectivity index (χ1n) is 13.9. The molecule has 4 heteroatoms. The van der Waals surface area contributed by atoms with Gasteiger partial charge in [-0.25, -0.2) is 0 Å². The summed E-state index contributed by atoms with van der Waals surface area (Å²) in [5.41, 5.74) is 7.97. The number of hydrogen-bond acceptors (Lipinski definition) is 3. The Bertz CT molecular complexity index is 1730. The van der Waals surface area contributed by atoms with Gasteiger partial charge in [0, 0.05) is 45.2 Å². The maximum absolute atomic E-state index is 6.96. The molecule has 0 radical (unpaired) electrons. The molecule has 2 heterocycles. The van der Waals surface area contributed by atoms with Gasteiger partial charge in [-0.2, -0.15) is 0 Å². The minimum atomic E-state index is -0.116. The van der Waals surface area contributed by atoms with E-state index in [0.717, 1.165) is 44.6 Å². The van der Waals surface area contributed by atoms with Crippen LogP contribution >= 0.6 is 11.6 Å². The molecule has 0 bridgehead atoms. The first kappa shape index (κ1) is 25.3. The van der Waals surface area contributed by atoms with Crippen LogP contribution in [0.5, 0.6) is 0 Å². The van der Waals surface area contributed by atoms with E-state index in [1.807, 2.05) is 24.3 Å². The standard InChI is InChI=1S/C37H29ClN2O/c38-30-23-21-27(22-24-30)35-34-33(36(28-13-5-1-6-14-28)41-37(34)29-15-7-2-8-16-29)25-39(31-17-9-3-10-18-31)26-40(35)32-19-11-4-12-20-32/h1-24,35H,25-26H2. The van der Waals surface area contributed by atoms with Gasteiger partial charge in [0.15, 0.2) is 0 Å². The van der Waals surface area contributed by atoms with Gasteiger partial charge in [0.1, 0.15) is 11.5 Å². The smallest absolute Gasteiger partial charge is 0.140 e. The topological polar surface area (TPSA) is 19.6 Å². The highest BCUT2D eigenvalue weighted by atomic mass is 35.5. The quantitative estimate of drug-likeness (QED) is 0.212. The van der Waals surface area contributed by atoms with Gasteiger partial charge >= 0.3 is 0 Å². The van der Waals surface area contributed by atoms with Gasteiger partial charge in [0.2, 0.25) is 0 Å². The van der Waals surface area contributed by atoms with Crippen molar-refractivity contribution < 1.29 is 4.42 Å². The molecule has 3 nitrogen and oxygen atoms in total. The number of hydrogen-bond donors (Lipinski definition) is 0. The van der Waals surface area contributed by atoms with Crippen molar-refractivity contribution in [2.75, 3.05) is 16.5 Å². The SMILES string of the molecule is Clc1ccc(C2c3c(-c4ccccc4)oc(-c4ccccc4)c3CN(c3ccccc3)CN2c2ccccc2)cc1. The average molecular weight is 553 g/mol. The van der Waals surface area contributed by atoms with Gasteiger partial charge < -0.3 is 14.2 Å². The number of furan rings is 1. The van der Waals surface area contributed by atoms with Crippen molar-refractivity contribution in [3.63, 3.8) is 0 Å². The van der Waals surface area contributed by atoms with Gasteiger partial charge in [0.05, 0.1) is 12.7 Å². The predicted octanol–water partition coefficient (Wildman–Crippen LogP) is 9.84. The van der Waals surface area contributed by atoms with Crippen LogP contribution in [-0.2, 0) is 6.54 Å². The molecule has 200 valence electrons. The maximum atomic E-state index is 6.96. The third kappa shape index (κ3) is 4.90. The molecule has 1 atom stereocenters. The van der Waals surface area contributed by atoms with Crippen molar-refractivity contribution in [1.82, 2.24) is 0 Å². The Labute approximate surface area is 245 Å². The van der Waals surface area contributed by atoms with Crippen molar-refractivity contribution >= 4 is 23.0 Å². The highest BCUT2D eigenvalue weighted by molar-refractivity contribution is 6.30. The first-order chi connectivity index (χ1) is 20.3. The number of benzene rings is 5. The summed E-state index contributed by atoms with van der Waals surface area (Å²) in [7, 11) is 0. The summed E-state index contributed by atoms with van der Waals surface area (Å²) in [6, 6.07) is 50.4. The molecule has 0 saturated carbocycles. The lowest BCUT2D eigenvalue weighted by Crippen LogP contribution is -2.38. The summed E-state index contributed by atoms with van der Waals surface area (Å²) in [5.74, 6) is 1.81. The minimum absolute atomic E-state index is 0.116. The van der Waals surface area contributed by atoms with E-state index in [-0.39, 0.29) is 6.04 Å². The monoisotopic (exact) mass is 552 g/mol. The second kappa shape index (κ2) is 11.0. The lowest BCUT2D eigenvalue weighted by atomic mass is 9.90. The van der Waals surface area contributed by atoms with E-state index < -0.39 is 0 Å². The molecule has 0 fully saturated rings. The molecule has 7 rings (SSSR count).